The van der Waals surface area contributed by atoms with Crippen LogP contribution >= 0.6 is 0 Å². The highest BCUT2D eigenvalue weighted by molar-refractivity contribution is 5.84. The number of ether oxygens (including phenoxy) is 2. The molecule has 0 radical (unpaired) electrons. The Morgan fingerprint density at radius 2 is 1.78 bits per heavy atom. The number of carbonyl (C=O) groups is 1. The highest BCUT2D eigenvalue weighted by atomic mass is 16.7. The Morgan fingerprint density at radius 1 is 1.28 bits per heavy atom. The van der Waals surface area contributed by atoms with Crippen LogP contribution in [0.2, 0.25) is 0 Å². The maximum absolute atomic E-state index is 12.2. The van der Waals surface area contributed by atoms with Crippen molar-refractivity contribution in [3.63, 3.8) is 0 Å². The summed E-state index contributed by atoms with van der Waals surface area (Å²) in [6, 6.07) is 0. The monoisotopic (exact) mass is 257 g/mol. The van der Waals surface area contributed by atoms with Crippen LogP contribution in [0.4, 0.5) is 0 Å². The van der Waals surface area contributed by atoms with Crippen LogP contribution in [0.3, 0.4) is 0 Å². The second-order valence-corrected chi connectivity index (χ2v) is 7.12. The molecule has 106 valence electrons. The third-order valence-corrected chi connectivity index (χ3v) is 3.24. The molecule has 1 saturated heterocycles. The summed E-state index contributed by atoms with van der Waals surface area (Å²) in [4.78, 5) is 14.2. The Balaban J connectivity index is 2.62. The minimum absolute atomic E-state index is 0.0360. The fourth-order valence-corrected chi connectivity index (χ4v) is 2.20. The zero-order chi connectivity index (χ0) is 14.2. The first-order valence-corrected chi connectivity index (χ1v) is 6.52. The SMILES string of the molecule is CN(C)CCOC(=O)C1(CC(C)(C)C)OC1(C)C. The average Bonchev–Trinajstić information content (AvgIpc) is 2.65. The number of esters is 1. The molecule has 0 aliphatic carbocycles. The van der Waals surface area contributed by atoms with Crippen molar-refractivity contribution in [3.8, 4) is 0 Å². The molecule has 0 spiro atoms. The number of hydrogen-bond acceptors (Lipinski definition) is 4. The van der Waals surface area contributed by atoms with Crippen LogP contribution in [0.15, 0.2) is 0 Å². The summed E-state index contributed by atoms with van der Waals surface area (Å²) in [5.74, 6) is -0.218. The normalized spacial score (nSPS) is 26.2. The van der Waals surface area contributed by atoms with Gasteiger partial charge in [-0.3, -0.25) is 0 Å². The van der Waals surface area contributed by atoms with Crippen LogP contribution in [-0.4, -0.2) is 49.3 Å². The zero-order valence-corrected chi connectivity index (χ0v) is 12.8. The van der Waals surface area contributed by atoms with E-state index in [4.69, 9.17) is 9.47 Å². The van der Waals surface area contributed by atoms with Crippen molar-refractivity contribution in [2.75, 3.05) is 27.2 Å². The van der Waals surface area contributed by atoms with E-state index < -0.39 is 11.2 Å². The molecule has 0 aromatic heterocycles. The number of nitrogens with zero attached hydrogens (tertiary/aromatic N) is 1. The Bertz CT molecular complexity index is 317. The number of carbonyl (C=O) groups excluding carboxylic acids is 1. The van der Waals surface area contributed by atoms with Gasteiger partial charge in [-0.15, -0.1) is 0 Å². The Kier molecular flexibility index (Phi) is 4.13. The summed E-state index contributed by atoms with van der Waals surface area (Å²) in [6.07, 6.45) is 0.688. The van der Waals surface area contributed by atoms with Gasteiger partial charge in [0.05, 0.1) is 0 Å². The van der Waals surface area contributed by atoms with Crippen molar-refractivity contribution >= 4 is 5.97 Å². The quantitative estimate of drug-likeness (QED) is 0.558. The Morgan fingerprint density at radius 3 is 2.11 bits per heavy atom. The smallest absolute Gasteiger partial charge is 0.341 e. The van der Waals surface area contributed by atoms with E-state index in [1.165, 1.54) is 0 Å². The fourth-order valence-electron chi connectivity index (χ4n) is 2.20. The van der Waals surface area contributed by atoms with Gasteiger partial charge in [-0.2, -0.15) is 0 Å². The lowest BCUT2D eigenvalue weighted by molar-refractivity contribution is -0.151. The first kappa shape index (κ1) is 15.4. The second-order valence-electron chi connectivity index (χ2n) is 7.12. The van der Waals surface area contributed by atoms with Crippen LogP contribution in [-0.2, 0) is 14.3 Å². The highest BCUT2D eigenvalue weighted by Crippen LogP contribution is 2.54. The number of likely N-dealkylation sites (N-methyl/N-ethyl adjacent to an activating group) is 1. The van der Waals surface area contributed by atoms with E-state index in [0.717, 1.165) is 6.54 Å². The van der Waals surface area contributed by atoms with Gasteiger partial charge in [-0.05, 0) is 39.8 Å². The molecule has 1 aliphatic rings. The maximum Gasteiger partial charge on any atom is 0.341 e. The molecule has 0 saturated carbocycles. The number of hydrogen-bond donors (Lipinski definition) is 0. The summed E-state index contributed by atoms with van der Waals surface area (Å²) >= 11 is 0. The van der Waals surface area contributed by atoms with E-state index in [0.29, 0.717) is 13.0 Å². The van der Waals surface area contributed by atoms with Gasteiger partial charge in [-0.1, -0.05) is 20.8 Å². The predicted molar refractivity (Wildman–Crippen MR) is 71.5 cm³/mol. The molecule has 4 heteroatoms. The van der Waals surface area contributed by atoms with E-state index in [1.807, 2.05) is 32.8 Å². The van der Waals surface area contributed by atoms with Gasteiger partial charge in [0, 0.05) is 6.54 Å². The molecule has 0 aromatic carbocycles. The third kappa shape index (κ3) is 3.45. The average molecular weight is 257 g/mol. The van der Waals surface area contributed by atoms with Crippen molar-refractivity contribution in [3.05, 3.63) is 0 Å². The molecule has 1 aliphatic heterocycles. The fraction of sp³-hybridized carbons (Fsp3) is 0.929. The van der Waals surface area contributed by atoms with Gasteiger partial charge >= 0.3 is 5.97 Å². The minimum Gasteiger partial charge on any atom is -0.462 e. The summed E-state index contributed by atoms with van der Waals surface area (Å²) in [6.45, 7) is 11.4. The number of epoxide rings is 1. The van der Waals surface area contributed by atoms with Crippen LogP contribution in [0, 0.1) is 5.41 Å². The molecule has 1 atom stereocenters. The van der Waals surface area contributed by atoms with Crippen molar-refractivity contribution in [1.82, 2.24) is 4.90 Å². The molecule has 1 fully saturated rings. The molecule has 0 bridgehead atoms. The summed E-state index contributed by atoms with van der Waals surface area (Å²) in [5, 5.41) is 0. The topological polar surface area (TPSA) is 42.1 Å². The van der Waals surface area contributed by atoms with Crippen LogP contribution in [0.25, 0.3) is 0 Å². The molecule has 1 heterocycles. The van der Waals surface area contributed by atoms with Gasteiger partial charge in [0.1, 0.15) is 12.2 Å². The lowest BCUT2D eigenvalue weighted by Crippen LogP contribution is -2.38. The first-order valence-electron chi connectivity index (χ1n) is 6.52. The standard InChI is InChI=1S/C14H27NO3/c1-12(2,3)10-14(13(4,5)18-14)11(16)17-9-8-15(6)7/h8-10H2,1-7H3. The van der Waals surface area contributed by atoms with Crippen molar-refractivity contribution in [2.45, 2.75) is 52.2 Å². The first-order chi connectivity index (χ1) is 8.00. The summed E-state index contributed by atoms with van der Waals surface area (Å²) in [5.41, 5.74) is -1.12. The maximum atomic E-state index is 12.2. The van der Waals surface area contributed by atoms with E-state index in [1.54, 1.807) is 0 Å². The van der Waals surface area contributed by atoms with E-state index >= 15 is 0 Å². The molecule has 0 aromatic rings. The highest BCUT2D eigenvalue weighted by Gasteiger charge is 2.70. The molecule has 1 rings (SSSR count). The molecule has 1 unspecified atom stereocenters. The van der Waals surface area contributed by atoms with Gasteiger partial charge in [0.15, 0.2) is 5.60 Å². The summed E-state index contributed by atoms with van der Waals surface area (Å²) in [7, 11) is 3.91. The third-order valence-electron chi connectivity index (χ3n) is 3.24. The minimum atomic E-state index is -0.752. The molecule has 0 N–H and O–H groups in total. The van der Waals surface area contributed by atoms with Gasteiger partial charge in [-0.25, -0.2) is 4.79 Å². The van der Waals surface area contributed by atoms with Crippen molar-refractivity contribution in [1.29, 1.82) is 0 Å². The van der Waals surface area contributed by atoms with Gasteiger partial charge in [0.25, 0.3) is 0 Å². The summed E-state index contributed by atoms with van der Waals surface area (Å²) < 4.78 is 11.1. The Labute approximate surface area is 111 Å². The lowest BCUT2D eigenvalue weighted by atomic mass is 9.79. The van der Waals surface area contributed by atoms with E-state index in [-0.39, 0.29) is 11.4 Å². The lowest BCUT2D eigenvalue weighted by Gasteiger charge is -2.24. The second kappa shape index (κ2) is 4.82. The van der Waals surface area contributed by atoms with Crippen LogP contribution in [0.5, 0.6) is 0 Å². The largest absolute Gasteiger partial charge is 0.462 e. The van der Waals surface area contributed by atoms with Crippen molar-refractivity contribution < 1.29 is 14.3 Å². The van der Waals surface area contributed by atoms with E-state index in [9.17, 15) is 4.79 Å². The molecule has 4 nitrogen and oxygen atoms in total. The molecular weight excluding hydrogens is 230 g/mol. The van der Waals surface area contributed by atoms with Crippen LogP contribution < -0.4 is 0 Å². The Hall–Kier alpha value is -0.610. The van der Waals surface area contributed by atoms with Crippen molar-refractivity contribution in [2.24, 2.45) is 5.41 Å². The molecule has 0 amide bonds. The van der Waals surface area contributed by atoms with Gasteiger partial charge < -0.3 is 14.4 Å². The van der Waals surface area contributed by atoms with Crippen LogP contribution in [0.1, 0.15) is 41.0 Å². The number of rotatable bonds is 5. The predicted octanol–water partition coefficient (Wildman–Crippen LogP) is 2.07. The zero-order valence-electron chi connectivity index (χ0n) is 12.8. The van der Waals surface area contributed by atoms with Gasteiger partial charge in [0.2, 0.25) is 0 Å². The van der Waals surface area contributed by atoms with E-state index in [2.05, 4.69) is 20.8 Å². The molecular formula is C14H27NO3. The molecule has 18 heavy (non-hydrogen) atoms.